The van der Waals surface area contributed by atoms with Crippen LogP contribution in [0.4, 0.5) is 0 Å². The maximum absolute atomic E-state index is 11.7. The Balaban J connectivity index is 2.01. The number of nitrogens with zero attached hydrogens (tertiary/aromatic N) is 2. The highest BCUT2D eigenvalue weighted by atomic mass is 79.9. The van der Waals surface area contributed by atoms with Crippen LogP contribution in [-0.2, 0) is 6.54 Å². The molecule has 0 aliphatic rings. The molecule has 0 aliphatic carbocycles. The highest BCUT2D eigenvalue weighted by Gasteiger charge is 2.10. The monoisotopic (exact) mass is 281 g/mol. The third-order valence-electron chi connectivity index (χ3n) is 1.89. The number of aromatic nitrogens is 2. The van der Waals surface area contributed by atoms with E-state index in [2.05, 4.69) is 31.4 Å². The van der Waals surface area contributed by atoms with Crippen LogP contribution < -0.4 is 5.32 Å². The minimum absolute atomic E-state index is 0.260. The molecule has 0 aliphatic heterocycles. The van der Waals surface area contributed by atoms with E-state index in [4.69, 9.17) is 4.52 Å². The fraction of sp³-hybridized carbons (Fsp3) is 0.100. The zero-order valence-corrected chi connectivity index (χ0v) is 9.77. The molecular formula is C10H8BrN3O2. The van der Waals surface area contributed by atoms with Crippen molar-refractivity contribution < 1.29 is 9.32 Å². The highest BCUT2D eigenvalue weighted by molar-refractivity contribution is 9.10. The van der Waals surface area contributed by atoms with Gasteiger partial charge >= 0.3 is 0 Å². The van der Waals surface area contributed by atoms with Crippen LogP contribution in [0.1, 0.15) is 16.2 Å². The normalized spacial score (nSPS) is 10.1. The molecule has 2 rings (SSSR count). The topological polar surface area (TPSA) is 68.0 Å². The van der Waals surface area contributed by atoms with E-state index in [1.54, 1.807) is 24.4 Å². The Morgan fingerprint density at radius 2 is 2.31 bits per heavy atom. The van der Waals surface area contributed by atoms with Crippen LogP contribution in [-0.4, -0.2) is 16.0 Å². The van der Waals surface area contributed by atoms with Crippen LogP contribution in [0.15, 0.2) is 39.6 Å². The minimum Gasteiger partial charge on any atom is -0.360 e. The second-order valence-electron chi connectivity index (χ2n) is 3.00. The van der Waals surface area contributed by atoms with Crippen molar-refractivity contribution in [3.05, 3.63) is 46.5 Å². The van der Waals surface area contributed by atoms with Gasteiger partial charge in [0.15, 0.2) is 5.76 Å². The summed E-state index contributed by atoms with van der Waals surface area (Å²) in [5.41, 5.74) is 0.349. The zero-order valence-electron chi connectivity index (χ0n) is 8.18. The Morgan fingerprint density at radius 3 is 3.00 bits per heavy atom. The lowest BCUT2D eigenvalue weighted by Crippen LogP contribution is -2.23. The van der Waals surface area contributed by atoms with Crippen molar-refractivity contribution in [1.29, 1.82) is 0 Å². The van der Waals surface area contributed by atoms with Crippen LogP contribution in [0.2, 0.25) is 0 Å². The van der Waals surface area contributed by atoms with Gasteiger partial charge in [-0.15, -0.1) is 0 Å². The SMILES string of the molecule is O=C(NCc1ccno1)c1ncccc1Br. The van der Waals surface area contributed by atoms with E-state index in [1.807, 2.05) is 0 Å². The molecule has 0 radical (unpaired) electrons. The van der Waals surface area contributed by atoms with E-state index in [9.17, 15) is 4.79 Å². The summed E-state index contributed by atoms with van der Waals surface area (Å²) in [5, 5.41) is 6.22. The number of halogens is 1. The molecule has 0 fully saturated rings. The van der Waals surface area contributed by atoms with E-state index in [0.29, 0.717) is 22.5 Å². The van der Waals surface area contributed by atoms with Crippen molar-refractivity contribution in [1.82, 2.24) is 15.5 Å². The number of carbonyl (C=O) groups is 1. The Bertz CT molecular complexity index is 485. The molecule has 0 saturated heterocycles. The van der Waals surface area contributed by atoms with Crippen molar-refractivity contribution >= 4 is 21.8 Å². The van der Waals surface area contributed by atoms with Gasteiger partial charge in [0.2, 0.25) is 0 Å². The van der Waals surface area contributed by atoms with Gasteiger partial charge in [-0.25, -0.2) is 4.98 Å². The second-order valence-corrected chi connectivity index (χ2v) is 3.85. The third-order valence-corrected chi connectivity index (χ3v) is 2.53. The van der Waals surface area contributed by atoms with Gasteiger partial charge in [0, 0.05) is 16.7 Å². The third kappa shape index (κ3) is 2.46. The summed E-state index contributed by atoms with van der Waals surface area (Å²) in [5.74, 6) is 0.337. The predicted molar refractivity (Wildman–Crippen MR) is 59.6 cm³/mol. The molecule has 82 valence electrons. The van der Waals surface area contributed by atoms with E-state index < -0.39 is 0 Å². The number of hydrogen-bond donors (Lipinski definition) is 1. The molecule has 0 aromatic carbocycles. The van der Waals surface area contributed by atoms with E-state index in [1.165, 1.54) is 6.20 Å². The lowest BCUT2D eigenvalue weighted by Gasteiger charge is -2.03. The first-order chi connectivity index (χ1) is 7.77. The minimum atomic E-state index is -0.260. The maximum atomic E-state index is 11.7. The van der Waals surface area contributed by atoms with Crippen molar-refractivity contribution in [2.75, 3.05) is 0 Å². The number of nitrogens with one attached hydrogen (secondary N) is 1. The number of carbonyl (C=O) groups excluding carboxylic acids is 1. The molecule has 1 amide bonds. The van der Waals surface area contributed by atoms with E-state index in [0.717, 1.165) is 0 Å². The summed E-state index contributed by atoms with van der Waals surface area (Å²) >= 11 is 3.26. The Kier molecular flexibility index (Phi) is 3.31. The first kappa shape index (κ1) is 10.8. The average Bonchev–Trinajstić information content (AvgIpc) is 2.79. The standard InChI is InChI=1S/C10H8BrN3O2/c11-8-2-1-4-12-9(8)10(15)13-6-7-3-5-14-16-7/h1-5H,6H2,(H,13,15). The molecule has 0 spiro atoms. The fourth-order valence-electron chi connectivity index (χ4n) is 1.14. The van der Waals surface area contributed by atoms with Crippen molar-refractivity contribution in [2.24, 2.45) is 0 Å². The summed E-state index contributed by atoms with van der Waals surface area (Å²) in [7, 11) is 0. The lowest BCUT2D eigenvalue weighted by molar-refractivity contribution is 0.0941. The average molecular weight is 282 g/mol. The molecular weight excluding hydrogens is 274 g/mol. The van der Waals surface area contributed by atoms with Crippen molar-refractivity contribution in [2.45, 2.75) is 6.54 Å². The number of hydrogen-bond acceptors (Lipinski definition) is 4. The van der Waals surface area contributed by atoms with Gasteiger partial charge in [0.05, 0.1) is 12.7 Å². The Morgan fingerprint density at radius 1 is 1.44 bits per heavy atom. The van der Waals surface area contributed by atoms with Gasteiger partial charge in [0.25, 0.3) is 5.91 Å². The zero-order chi connectivity index (χ0) is 11.4. The molecule has 0 saturated carbocycles. The van der Waals surface area contributed by atoms with Gasteiger partial charge < -0.3 is 9.84 Å². The largest absolute Gasteiger partial charge is 0.360 e. The number of pyridine rings is 1. The molecule has 1 N–H and O–H groups in total. The second kappa shape index (κ2) is 4.89. The molecule has 6 heteroatoms. The Hall–Kier alpha value is -1.69. The fourth-order valence-corrected chi connectivity index (χ4v) is 1.57. The Labute approximate surface area is 100.0 Å². The highest BCUT2D eigenvalue weighted by Crippen LogP contribution is 2.12. The van der Waals surface area contributed by atoms with Gasteiger partial charge in [-0.1, -0.05) is 5.16 Å². The maximum Gasteiger partial charge on any atom is 0.271 e. The molecule has 2 aromatic heterocycles. The van der Waals surface area contributed by atoms with Gasteiger partial charge in [-0.3, -0.25) is 4.79 Å². The summed E-state index contributed by atoms with van der Waals surface area (Å²) < 4.78 is 5.51. The first-order valence-electron chi connectivity index (χ1n) is 4.55. The van der Waals surface area contributed by atoms with Gasteiger partial charge in [-0.05, 0) is 28.1 Å². The summed E-state index contributed by atoms with van der Waals surface area (Å²) in [4.78, 5) is 15.7. The molecule has 5 nitrogen and oxygen atoms in total. The quantitative estimate of drug-likeness (QED) is 0.931. The van der Waals surface area contributed by atoms with Crippen LogP contribution >= 0.6 is 15.9 Å². The van der Waals surface area contributed by atoms with Crippen LogP contribution in [0.5, 0.6) is 0 Å². The van der Waals surface area contributed by atoms with Gasteiger partial charge in [-0.2, -0.15) is 0 Å². The summed E-state index contributed by atoms with van der Waals surface area (Å²) in [6, 6.07) is 5.20. The molecule has 0 unspecified atom stereocenters. The number of amides is 1. The summed E-state index contributed by atoms with van der Waals surface area (Å²) in [6.45, 7) is 0.293. The lowest BCUT2D eigenvalue weighted by atomic mass is 10.3. The molecule has 0 bridgehead atoms. The van der Waals surface area contributed by atoms with E-state index in [-0.39, 0.29) is 5.91 Å². The van der Waals surface area contributed by atoms with Crippen LogP contribution in [0, 0.1) is 0 Å². The molecule has 2 heterocycles. The predicted octanol–water partition coefficient (Wildman–Crippen LogP) is 1.76. The molecule has 16 heavy (non-hydrogen) atoms. The van der Waals surface area contributed by atoms with Gasteiger partial charge in [0.1, 0.15) is 5.69 Å². The van der Waals surface area contributed by atoms with E-state index >= 15 is 0 Å². The summed E-state index contributed by atoms with van der Waals surface area (Å²) in [6.07, 6.45) is 3.09. The molecule has 0 atom stereocenters. The first-order valence-corrected chi connectivity index (χ1v) is 5.35. The smallest absolute Gasteiger partial charge is 0.271 e. The van der Waals surface area contributed by atoms with Crippen LogP contribution in [0.3, 0.4) is 0 Å². The van der Waals surface area contributed by atoms with Crippen LogP contribution in [0.25, 0.3) is 0 Å². The van der Waals surface area contributed by atoms with Crippen molar-refractivity contribution in [3.63, 3.8) is 0 Å². The number of rotatable bonds is 3. The van der Waals surface area contributed by atoms with Crippen molar-refractivity contribution in [3.8, 4) is 0 Å². The molecule has 2 aromatic rings.